The summed E-state index contributed by atoms with van der Waals surface area (Å²) in [6.45, 7) is 0. The SMILES string of the molecule is O=C(Nc1ccc(Cl)cc1)C1CC=CCC1C(=O)Nc1ccccc1Cl. The molecule has 0 spiro atoms. The molecule has 0 heterocycles. The molecule has 0 radical (unpaired) electrons. The summed E-state index contributed by atoms with van der Waals surface area (Å²) in [4.78, 5) is 25.4. The highest BCUT2D eigenvalue weighted by atomic mass is 35.5. The van der Waals surface area contributed by atoms with Crippen molar-refractivity contribution in [1.82, 2.24) is 0 Å². The topological polar surface area (TPSA) is 58.2 Å². The van der Waals surface area contributed by atoms with Crippen LogP contribution in [0.3, 0.4) is 0 Å². The highest BCUT2D eigenvalue weighted by Crippen LogP contribution is 2.30. The Morgan fingerprint density at radius 1 is 0.808 bits per heavy atom. The van der Waals surface area contributed by atoms with Gasteiger partial charge in [-0.15, -0.1) is 0 Å². The monoisotopic (exact) mass is 388 g/mol. The average molecular weight is 389 g/mol. The lowest BCUT2D eigenvalue weighted by molar-refractivity contribution is -0.129. The number of benzene rings is 2. The number of rotatable bonds is 4. The highest BCUT2D eigenvalue weighted by Gasteiger charge is 2.34. The van der Waals surface area contributed by atoms with E-state index >= 15 is 0 Å². The van der Waals surface area contributed by atoms with Crippen LogP contribution in [0, 0.1) is 11.8 Å². The molecule has 0 aromatic heterocycles. The van der Waals surface area contributed by atoms with Crippen LogP contribution in [-0.4, -0.2) is 11.8 Å². The van der Waals surface area contributed by atoms with E-state index in [0.717, 1.165) is 0 Å². The number of carbonyl (C=O) groups is 2. The van der Waals surface area contributed by atoms with Gasteiger partial charge in [0.25, 0.3) is 0 Å². The molecule has 1 aliphatic rings. The molecule has 0 aliphatic heterocycles. The predicted molar refractivity (Wildman–Crippen MR) is 106 cm³/mol. The minimum absolute atomic E-state index is 0.184. The van der Waals surface area contributed by atoms with Gasteiger partial charge >= 0.3 is 0 Å². The van der Waals surface area contributed by atoms with Crippen LogP contribution in [0.5, 0.6) is 0 Å². The third kappa shape index (κ3) is 4.45. The fourth-order valence-corrected chi connectivity index (χ4v) is 3.26. The number of hydrogen-bond acceptors (Lipinski definition) is 2. The Labute approximate surface area is 162 Å². The summed E-state index contributed by atoms with van der Waals surface area (Å²) in [6.07, 6.45) is 4.89. The third-order valence-corrected chi connectivity index (χ3v) is 4.93. The molecule has 26 heavy (non-hydrogen) atoms. The van der Waals surface area contributed by atoms with Gasteiger partial charge in [-0.3, -0.25) is 9.59 Å². The van der Waals surface area contributed by atoms with E-state index in [1.807, 2.05) is 12.2 Å². The van der Waals surface area contributed by atoms with Crippen LogP contribution in [0.4, 0.5) is 11.4 Å². The van der Waals surface area contributed by atoms with Crippen molar-refractivity contribution in [2.45, 2.75) is 12.8 Å². The number of para-hydroxylation sites is 1. The maximum absolute atomic E-state index is 12.7. The quantitative estimate of drug-likeness (QED) is 0.711. The van der Waals surface area contributed by atoms with Crippen molar-refractivity contribution in [2.24, 2.45) is 11.8 Å². The van der Waals surface area contributed by atoms with Crippen LogP contribution in [0.1, 0.15) is 12.8 Å². The predicted octanol–water partition coefficient (Wildman–Crippen LogP) is 5.15. The summed E-state index contributed by atoms with van der Waals surface area (Å²) in [5.41, 5.74) is 1.20. The molecular formula is C20H18Cl2N2O2. The second-order valence-corrected chi connectivity index (χ2v) is 6.96. The standard InChI is InChI=1S/C20H18Cl2N2O2/c21-13-9-11-14(12-10-13)23-19(25)15-5-1-2-6-16(15)20(26)24-18-8-4-3-7-17(18)22/h1-4,7-12,15-16H,5-6H2,(H,23,25)(H,24,26). The van der Waals surface area contributed by atoms with Crippen molar-refractivity contribution in [2.75, 3.05) is 10.6 Å². The van der Waals surface area contributed by atoms with Gasteiger partial charge in [0.1, 0.15) is 0 Å². The first-order valence-corrected chi connectivity index (χ1v) is 9.07. The Bertz CT molecular complexity index is 834. The fourth-order valence-electron chi connectivity index (χ4n) is 2.95. The van der Waals surface area contributed by atoms with Gasteiger partial charge in [0.2, 0.25) is 11.8 Å². The van der Waals surface area contributed by atoms with Crippen LogP contribution in [0.2, 0.25) is 10.0 Å². The number of carbonyl (C=O) groups excluding carboxylic acids is 2. The third-order valence-electron chi connectivity index (χ3n) is 4.35. The summed E-state index contributed by atoms with van der Waals surface area (Å²) < 4.78 is 0. The minimum atomic E-state index is -0.455. The molecule has 134 valence electrons. The zero-order valence-corrected chi connectivity index (χ0v) is 15.4. The number of allylic oxidation sites excluding steroid dienone is 2. The first-order valence-electron chi connectivity index (χ1n) is 8.31. The molecule has 2 atom stereocenters. The van der Waals surface area contributed by atoms with Crippen LogP contribution < -0.4 is 10.6 Å². The van der Waals surface area contributed by atoms with E-state index in [9.17, 15) is 9.59 Å². The minimum Gasteiger partial charge on any atom is -0.326 e. The average Bonchev–Trinajstić information content (AvgIpc) is 2.65. The van der Waals surface area contributed by atoms with Gasteiger partial charge in [-0.2, -0.15) is 0 Å². The van der Waals surface area contributed by atoms with Crippen molar-refractivity contribution >= 4 is 46.4 Å². The lowest BCUT2D eigenvalue weighted by Gasteiger charge is -2.27. The maximum Gasteiger partial charge on any atom is 0.228 e. The van der Waals surface area contributed by atoms with Crippen molar-refractivity contribution in [3.05, 3.63) is 70.7 Å². The molecular weight excluding hydrogens is 371 g/mol. The second-order valence-electron chi connectivity index (χ2n) is 6.12. The van der Waals surface area contributed by atoms with E-state index in [0.29, 0.717) is 34.3 Å². The van der Waals surface area contributed by atoms with Crippen molar-refractivity contribution in [1.29, 1.82) is 0 Å². The zero-order valence-electron chi connectivity index (χ0n) is 13.9. The van der Waals surface area contributed by atoms with E-state index in [4.69, 9.17) is 23.2 Å². The second kappa shape index (κ2) is 8.39. The maximum atomic E-state index is 12.7. The lowest BCUT2D eigenvalue weighted by atomic mass is 9.81. The van der Waals surface area contributed by atoms with Gasteiger partial charge in [-0.1, -0.05) is 47.5 Å². The van der Waals surface area contributed by atoms with E-state index < -0.39 is 11.8 Å². The first kappa shape index (κ1) is 18.5. The largest absolute Gasteiger partial charge is 0.326 e. The van der Waals surface area contributed by atoms with Crippen LogP contribution >= 0.6 is 23.2 Å². The highest BCUT2D eigenvalue weighted by molar-refractivity contribution is 6.33. The Morgan fingerprint density at radius 2 is 1.38 bits per heavy atom. The van der Waals surface area contributed by atoms with E-state index in [1.54, 1.807) is 48.5 Å². The molecule has 2 amide bonds. The molecule has 2 unspecified atom stereocenters. The Morgan fingerprint density at radius 3 is 2.00 bits per heavy atom. The number of hydrogen-bond donors (Lipinski definition) is 2. The fraction of sp³-hybridized carbons (Fsp3) is 0.200. The molecule has 2 N–H and O–H groups in total. The van der Waals surface area contributed by atoms with Gasteiger partial charge in [0, 0.05) is 10.7 Å². The molecule has 0 bridgehead atoms. The smallest absolute Gasteiger partial charge is 0.228 e. The van der Waals surface area contributed by atoms with Crippen LogP contribution in [0.15, 0.2) is 60.7 Å². The Hall–Kier alpha value is -2.30. The van der Waals surface area contributed by atoms with Gasteiger partial charge < -0.3 is 10.6 Å². The molecule has 1 aliphatic carbocycles. The summed E-state index contributed by atoms with van der Waals surface area (Å²) in [5, 5.41) is 6.76. The number of nitrogens with one attached hydrogen (secondary N) is 2. The van der Waals surface area contributed by atoms with Crippen molar-refractivity contribution < 1.29 is 9.59 Å². The van der Waals surface area contributed by atoms with E-state index in [1.165, 1.54) is 0 Å². The van der Waals surface area contributed by atoms with Crippen molar-refractivity contribution in [3.63, 3.8) is 0 Å². The molecule has 0 fully saturated rings. The van der Waals surface area contributed by atoms with E-state index in [2.05, 4.69) is 10.6 Å². The summed E-state index contributed by atoms with van der Waals surface area (Å²) in [5.74, 6) is -1.29. The molecule has 3 rings (SSSR count). The summed E-state index contributed by atoms with van der Waals surface area (Å²) in [7, 11) is 0. The van der Waals surface area contributed by atoms with Gasteiger partial charge in [-0.05, 0) is 49.2 Å². The molecule has 2 aromatic carbocycles. The molecule has 4 nitrogen and oxygen atoms in total. The Balaban J connectivity index is 1.72. The summed E-state index contributed by atoms with van der Waals surface area (Å²) in [6, 6.07) is 13.9. The zero-order chi connectivity index (χ0) is 18.5. The van der Waals surface area contributed by atoms with Gasteiger partial charge in [-0.25, -0.2) is 0 Å². The van der Waals surface area contributed by atoms with E-state index in [-0.39, 0.29) is 11.8 Å². The van der Waals surface area contributed by atoms with Crippen LogP contribution in [-0.2, 0) is 9.59 Å². The number of anilines is 2. The number of amides is 2. The summed E-state index contributed by atoms with van der Waals surface area (Å²) >= 11 is 12.0. The normalized spacial score (nSPS) is 19.0. The first-order chi connectivity index (χ1) is 12.5. The van der Waals surface area contributed by atoms with Crippen molar-refractivity contribution in [3.8, 4) is 0 Å². The molecule has 2 aromatic rings. The Kier molecular flexibility index (Phi) is 5.96. The molecule has 0 saturated heterocycles. The van der Waals surface area contributed by atoms with Crippen LogP contribution in [0.25, 0.3) is 0 Å². The lowest BCUT2D eigenvalue weighted by Crippen LogP contribution is -2.37. The number of halogens is 2. The van der Waals surface area contributed by atoms with Gasteiger partial charge in [0.15, 0.2) is 0 Å². The molecule has 6 heteroatoms. The van der Waals surface area contributed by atoms with Gasteiger partial charge in [0.05, 0.1) is 22.5 Å². The molecule has 0 saturated carbocycles.